The summed E-state index contributed by atoms with van der Waals surface area (Å²) < 4.78 is 19.0. The van der Waals surface area contributed by atoms with E-state index in [1.807, 2.05) is 19.0 Å². The zero-order chi connectivity index (χ0) is 16.2. The second-order valence-electron chi connectivity index (χ2n) is 6.11. The van der Waals surface area contributed by atoms with E-state index in [2.05, 4.69) is 5.32 Å². The Kier molecular flexibility index (Phi) is 9.77. The largest absolute Gasteiger partial charge is 0.381 e. The average Bonchev–Trinajstić information content (AvgIpc) is 2.48. The average molecular weight is 382 g/mol. The van der Waals surface area contributed by atoms with E-state index in [0.717, 1.165) is 5.56 Å². The van der Waals surface area contributed by atoms with Gasteiger partial charge in [-0.05, 0) is 44.6 Å². The number of nitrogens with one attached hydrogen (secondary N) is 1. The number of amides is 1. The number of carbonyl (C=O) groups is 1. The summed E-state index contributed by atoms with van der Waals surface area (Å²) in [5.74, 6) is -0.405. The number of carbonyl (C=O) groups excluding carboxylic acids is 1. The molecule has 0 unspecified atom stereocenters. The van der Waals surface area contributed by atoms with E-state index in [1.165, 1.54) is 6.07 Å². The van der Waals surface area contributed by atoms with E-state index in [9.17, 15) is 9.18 Å². The molecule has 1 saturated heterocycles. The monoisotopic (exact) mass is 381 g/mol. The van der Waals surface area contributed by atoms with Crippen LogP contribution in [0.2, 0.25) is 0 Å². The first-order valence-electron chi connectivity index (χ1n) is 7.48. The van der Waals surface area contributed by atoms with Crippen molar-refractivity contribution in [3.8, 4) is 0 Å². The highest BCUT2D eigenvalue weighted by Crippen LogP contribution is 2.18. The van der Waals surface area contributed by atoms with Gasteiger partial charge in [0.25, 0.3) is 0 Å². The Hall–Kier alpha value is -0.920. The molecular weight excluding hydrogens is 356 g/mol. The van der Waals surface area contributed by atoms with Crippen molar-refractivity contribution in [3.05, 3.63) is 35.1 Å². The highest BCUT2D eigenvalue weighted by atomic mass is 35.5. The molecule has 0 radical (unpaired) electrons. The second-order valence-corrected chi connectivity index (χ2v) is 6.11. The number of halogens is 3. The summed E-state index contributed by atoms with van der Waals surface area (Å²) in [6, 6.07) is 4.90. The van der Waals surface area contributed by atoms with E-state index < -0.39 is 5.54 Å². The molecule has 138 valence electrons. The van der Waals surface area contributed by atoms with Crippen LogP contribution in [0.5, 0.6) is 0 Å². The fourth-order valence-corrected chi connectivity index (χ4v) is 2.52. The van der Waals surface area contributed by atoms with Crippen LogP contribution in [0, 0.1) is 5.82 Å². The molecule has 1 aromatic rings. The molecule has 0 saturated carbocycles. The SMILES string of the molecule is CN(C)Cc1cc(CNC(=O)C2(N)CCOCC2)ccc1F.Cl.Cl. The normalized spacial score (nSPS) is 16.0. The molecule has 0 atom stereocenters. The summed E-state index contributed by atoms with van der Waals surface area (Å²) in [6.45, 7) is 1.88. The first-order valence-corrected chi connectivity index (χ1v) is 7.48. The minimum atomic E-state index is -0.856. The van der Waals surface area contributed by atoms with E-state index in [0.29, 0.717) is 44.7 Å². The number of nitrogens with zero attached hydrogens (tertiary/aromatic N) is 1. The smallest absolute Gasteiger partial charge is 0.240 e. The first-order chi connectivity index (χ1) is 10.4. The third-order valence-corrected chi connectivity index (χ3v) is 3.89. The molecule has 0 aliphatic carbocycles. The summed E-state index contributed by atoms with van der Waals surface area (Å²) in [4.78, 5) is 14.1. The lowest BCUT2D eigenvalue weighted by atomic mass is 9.90. The van der Waals surface area contributed by atoms with Gasteiger partial charge in [-0.15, -0.1) is 24.8 Å². The topological polar surface area (TPSA) is 67.6 Å². The van der Waals surface area contributed by atoms with E-state index in [-0.39, 0.29) is 36.5 Å². The molecule has 0 aromatic heterocycles. The summed E-state index contributed by atoms with van der Waals surface area (Å²) in [7, 11) is 3.77. The van der Waals surface area contributed by atoms with Crippen molar-refractivity contribution < 1.29 is 13.9 Å². The number of benzene rings is 1. The summed E-state index contributed by atoms with van der Waals surface area (Å²) in [5, 5.41) is 2.85. The summed E-state index contributed by atoms with van der Waals surface area (Å²) in [6.07, 6.45) is 1.04. The Balaban J connectivity index is 0.00000264. The number of hydrogen-bond donors (Lipinski definition) is 2. The lowest BCUT2D eigenvalue weighted by Crippen LogP contribution is -2.56. The van der Waals surface area contributed by atoms with Crippen molar-refractivity contribution in [2.45, 2.75) is 31.5 Å². The lowest BCUT2D eigenvalue weighted by Gasteiger charge is -2.31. The Morgan fingerprint density at radius 3 is 2.54 bits per heavy atom. The Labute approximate surface area is 154 Å². The van der Waals surface area contributed by atoms with E-state index in [1.54, 1.807) is 12.1 Å². The Bertz CT molecular complexity index is 538. The standard InChI is InChI=1S/C16H24FN3O2.2ClH/c1-20(2)11-13-9-12(3-4-14(13)17)10-19-15(21)16(18)5-7-22-8-6-16;;/h3-4,9H,5-8,10-11,18H2,1-2H3,(H,19,21);2*1H. The van der Waals surface area contributed by atoms with Crippen LogP contribution < -0.4 is 11.1 Å². The van der Waals surface area contributed by atoms with Gasteiger partial charge in [0.15, 0.2) is 0 Å². The molecule has 8 heteroatoms. The minimum absolute atomic E-state index is 0. The maximum Gasteiger partial charge on any atom is 0.240 e. The van der Waals surface area contributed by atoms with Gasteiger partial charge >= 0.3 is 0 Å². The third kappa shape index (κ3) is 6.18. The van der Waals surface area contributed by atoms with Gasteiger partial charge in [0.1, 0.15) is 5.82 Å². The van der Waals surface area contributed by atoms with Gasteiger partial charge < -0.3 is 20.7 Å². The minimum Gasteiger partial charge on any atom is -0.381 e. The lowest BCUT2D eigenvalue weighted by molar-refractivity contribution is -0.129. The van der Waals surface area contributed by atoms with Crippen molar-refractivity contribution in [1.82, 2.24) is 10.2 Å². The molecule has 0 bridgehead atoms. The molecule has 1 aromatic carbocycles. The van der Waals surface area contributed by atoms with Crippen molar-refractivity contribution in [2.75, 3.05) is 27.3 Å². The van der Waals surface area contributed by atoms with E-state index in [4.69, 9.17) is 10.5 Å². The predicted molar refractivity (Wildman–Crippen MR) is 97.1 cm³/mol. The van der Waals surface area contributed by atoms with Crippen LogP contribution >= 0.6 is 24.8 Å². The van der Waals surface area contributed by atoms with Crippen molar-refractivity contribution >= 4 is 30.7 Å². The number of hydrogen-bond acceptors (Lipinski definition) is 4. The molecule has 3 N–H and O–H groups in total. The second kappa shape index (κ2) is 10.2. The fraction of sp³-hybridized carbons (Fsp3) is 0.562. The molecular formula is C16H26Cl2FN3O2. The maximum absolute atomic E-state index is 13.7. The predicted octanol–water partition coefficient (Wildman–Crippen LogP) is 1.86. The molecule has 5 nitrogen and oxygen atoms in total. The van der Waals surface area contributed by atoms with Crippen LogP contribution in [0.25, 0.3) is 0 Å². The Morgan fingerprint density at radius 1 is 1.33 bits per heavy atom. The number of ether oxygens (including phenoxy) is 1. The molecule has 2 rings (SSSR count). The third-order valence-electron chi connectivity index (χ3n) is 3.89. The molecule has 0 spiro atoms. The first kappa shape index (κ1) is 23.1. The van der Waals surface area contributed by atoms with Crippen LogP contribution in [-0.2, 0) is 22.6 Å². The number of rotatable bonds is 5. The molecule has 1 fully saturated rings. The Morgan fingerprint density at radius 2 is 1.96 bits per heavy atom. The molecule has 1 amide bonds. The van der Waals surface area contributed by atoms with Crippen LogP contribution in [-0.4, -0.2) is 43.7 Å². The summed E-state index contributed by atoms with van der Waals surface area (Å²) >= 11 is 0. The fourth-order valence-electron chi connectivity index (χ4n) is 2.52. The van der Waals surface area contributed by atoms with Gasteiger partial charge in [0.2, 0.25) is 5.91 Å². The van der Waals surface area contributed by atoms with Gasteiger partial charge in [0, 0.05) is 31.9 Å². The van der Waals surface area contributed by atoms with Crippen LogP contribution in [0.15, 0.2) is 18.2 Å². The summed E-state index contributed by atoms with van der Waals surface area (Å²) in [5.41, 5.74) is 6.75. The zero-order valence-electron chi connectivity index (χ0n) is 14.0. The highest BCUT2D eigenvalue weighted by molar-refractivity contribution is 5.86. The maximum atomic E-state index is 13.7. The number of nitrogens with two attached hydrogens (primary N) is 1. The van der Waals surface area contributed by atoms with Gasteiger partial charge in [0.05, 0.1) is 5.54 Å². The van der Waals surface area contributed by atoms with Crippen LogP contribution in [0.4, 0.5) is 4.39 Å². The molecule has 24 heavy (non-hydrogen) atoms. The van der Waals surface area contributed by atoms with Crippen molar-refractivity contribution in [2.24, 2.45) is 5.73 Å². The van der Waals surface area contributed by atoms with Gasteiger partial charge in [-0.1, -0.05) is 6.07 Å². The van der Waals surface area contributed by atoms with Gasteiger partial charge in [-0.3, -0.25) is 4.79 Å². The van der Waals surface area contributed by atoms with Crippen LogP contribution in [0.3, 0.4) is 0 Å². The van der Waals surface area contributed by atoms with Gasteiger partial charge in [-0.25, -0.2) is 4.39 Å². The quantitative estimate of drug-likeness (QED) is 0.816. The molecule has 1 aliphatic heterocycles. The van der Waals surface area contributed by atoms with Gasteiger partial charge in [-0.2, -0.15) is 0 Å². The molecule has 1 aliphatic rings. The molecule has 1 heterocycles. The van der Waals surface area contributed by atoms with Crippen molar-refractivity contribution in [3.63, 3.8) is 0 Å². The zero-order valence-corrected chi connectivity index (χ0v) is 15.6. The van der Waals surface area contributed by atoms with E-state index >= 15 is 0 Å². The van der Waals surface area contributed by atoms with Crippen molar-refractivity contribution in [1.29, 1.82) is 0 Å². The van der Waals surface area contributed by atoms with Crippen LogP contribution in [0.1, 0.15) is 24.0 Å². The highest BCUT2D eigenvalue weighted by Gasteiger charge is 2.35.